The van der Waals surface area contributed by atoms with Crippen LogP contribution in [0.2, 0.25) is 0 Å². The lowest BCUT2D eigenvalue weighted by molar-refractivity contribution is 0.0684. The average Bonchev–Trinajstić information content (AvgIpc) is 2.28. The second-order valence-electron chi connectivity index (χ2n) is 4.25. The Balaban J connectivity index is 2.95. The quantitative estimate of drug-likeness (QED) is 0.851. The van der Waals surface area contributed by atoms with Gasteiger partial charge < -0.3 is 10.2 Å². The van der Waals surface area contributed by atoms with E-state index in [-0.39, 0.29) is 11.1 Å². The second-order valence-corrected chi connectivity index (χ2v) is 4.25. The first-order valence-corrected chi connectivity index (χ1v) is 5.42. The molecule has 0 aliphatic carbocycles. The maximum Gasteiger partial charge on any atom is 0.336 e. The van der Waals surface area contributed by atoms with Gasteiger partial charge in [-0.25, -0.2) is 9.59 Å². The molecule has 0 heterocycles. The highest BCUT2D eigenvalue weighted by molar-refractivity contribution is 6.11. The number of aromatic carboxylic acids is 2. The lowest BCUT2D eigenvalue weighted by Crippen LogP contribution is -2.03. The predicted molar refractivity (Wildman–Crippen MR) is 67.3 cm³/mol. The first kappa shape index (κ1) is 12.1. The molecular weight excluding hydrogens is 232 g/mol. The van der Waals surface area contributed by atoms with Crippen molar-refractivity contribution in [2.75, 3.05) is 0 Å². The molecule has 0 radical (unpaired) electrons. The van der Waals surface area contributed by atoms with Crippen molar-refractivity contribution < 1.29 is 19.8 Å². The summed E-state index contributed by atoms with van der Waals surface area (Å²) in [6, 6.07) is 6.12. The zero-order chi connectivity index (χ0) is 13.4. The van der Waals surface area contributed by atoms with E-state index in [9.17, 15) is 9.59 Å². The average molecular weight is 244 g/mol. The Hall–Kier alpha value is -2.36. The van der Waals surface area contributed by atoms with E-state index in [4.69, 9.17) is 10.2 Å². The summed E-state index contributed by atoms with van der Waals surface area (Å²) in [6.45, 7) is 3.74. The van der Waals surface area contributed by atoms with Gasteiger partial charge in [-0.1, -0.05) is 12.1 Å². The molecule has 2 N–H and O–H groups in total. The van der Waals surface area contributed by atoms with Gasteiger partial charge in [-0.3, -0.25) is 0 Å². The Bertz CT molecular complexity index is 613. The zero-order valence-corrected chi connectivity index (χ0v) is 10.0. The summed E-state index contributed by atoms with van der Waals surface area (Å²) in [5, 5.41) is 19.2. The van der Waals surface area contributed by atoms with Gasteiger partial charge in [-0.2, -0.15) is 0 Å². The monoisotopic (exact) mass is 244 g/mol. The van der Waals surface area contributed by atoms with Gasteiger partial charge in [0.25, 0.3) is 0 Å². The largest absolute Gasteiger partial charge is 0.478 e. The number of hydrogen-bond acceptors (Lipinski definition) is 2. The van der Waals surface area contributed by atoms with Gasteiger partial charge in [0, 0.05) is 0 Å². The van der Waals surface area contributed by atoms with E-state index >= 15 is 0 Å². The van der Waals surface area contributed by atoms with Crippen molar-refractivity contribution >= 4 is 22.7 Å². The van der Waals surface area contributed by atoms with Gasteiger partial charge in [-0.15, -0.1) is 0 Å². The van der Waals surface area contributed by atoms with Crippen LogP contribution in [0.1, 0.15) is 31.8 Å². The Labute approximate surface area is 103 Å². The summed E-state index contributed by atoms with van der Waals surface area (Å²) < 4.78 is 0. The Morgan fingerprint density at radius 2 is 1.17 bits per heavy atom. The molecule has 4 heteroatoms. The molecule has 0 fully saturated rings. The van der Waals surface area contributed by atoms with E-state index in [0.29, 0.717) is 10.8 Å². The molecule has 0 amide bonds. The first-order valence-electron chi connectivity index (χ1n) is 5.42. The van der Waals surface area contributed by atoms with Gasteiger partial charge in [-0.05, 0) is 47.9 Å². The Morgan fingerprint density at radius 1 is 0.833 bits per heavy atom. The molecule has 0 atom stereocenters. The Kier molecular flexibility index (Phi) is 2.79. The van der Waals surface area contributed by atoms with E-state index < -0.39 is 11.9 Å². The van der Waals surface area contributed by atoms with Crippen molar-refractivity contribution in [3.8, 4) is 0 Å². The number of carbonyl (C=O) groups is 2. The minimum absolute atomic E-state index is 0.123. The van der Waals surface area contributed by atoms with E-state index in [1.807, 2.05) is 13.8 Å². The van der Waals surface area contributed by atoms with Crippen molar-refractivity contribution in [1.82, 2.24) is 0 Å². The van der Waals surface area contributed by atoms with Crippen molar-refractivity contribution in [2.45, 2.75) is 13.8 Å². The molecule has 0 saturated carbocycles. The molecule has 0 bridgehead atoms. The fourth-order valence-corrected chi connectivity index (χ4v) is 1.98. The number of carboxylic acids is 2. The SMILES string of the molecule is Cc1cc2c(C(=O)O)ccc(C(=O)O)c2cc1C. The minimum atomic E-state index is -1.06. The van der Waals surface area contributed by atoms with Crippen molar-refractivity contribution in [3.63, 3.8) is 0 Å². The van der Waals surface area contributed by atoms with Crippen LogP contribution in [0.15, 0.2) is 24.3 Å². The van der Waals surface area contributed by atoms with Crippen LogP contribution in [-0.2, 0) is 0 Å². The highest BCUT2D eigenvalue weighted by Gasteiger charge is 2.15. The molecule has 2 aromatic carbocycles. The number of carboxylic acid groups (broad SMARTS) is 2. The summed E-state index contributed by atoms with van der Waals surface area (Å²) >= 11 is 0. The summed E-state index contributed by atoms with van der Waals surface area (Å²) in [7, 11) is 0. The topological polar surface area (TPSA) is 74.6 Å². The summed E-state index contributed by atoms with van der Waals surface area (Å²) in [5.74, 6) is -2.11. The number of rotatable bonds is 2. The summed E-state index contributed by atoms with van der Waals surface area (Å²) in [6.07, 6.45) is 0. The van der Waals surface area contributed by atoms with Crippen LogP contribution in [0.25, 0.3) is 10.8 Å². The van der Waals surface area contributed by atoms with Crippen LogP contribution in [0.3, 0.4) is 0 Å². The molecule has 0 saturated heterocycles. The fraction of sp³-hybridized carbons (Fsp3) is 0.143. The highest BCUT2D eigenvalue weighted by atomic mass is 16.4. The standard InChI is InChI=1S/C14H12O4/c1-7-5-11-9(13(15)16)3-4-10(14(17)18)12(11)6-8(7)2/h3-6H,1-2H3,(H,15,16)(H,17,18). The number of aryl methyl sites for hydroxylation is 2. The molecule has 18 heavy (non-hydrogen) atoms. The van der Waals surface area contributed by atoms with Crippen molar-refractivity contribution in [3.05, 3.63) is 46.5 Å². The third kappa shape index (κ3) is 1.82. The van der Waals surface area contributed by atoms with Crippen molar-refractivity contribution in [2.24, 2.45) is 0 Å². The van der Waals surface area contributed by atoms with Crippen molar-refractivity contribution in [1.29, 1.82) is 0 Å². The zero-order valence-electron chi connectivity index (χ0n) is 10.0. The van der Waals surface area contributed by atoms with E-state index in [2.05, 4.69) is 0 Å². The van der Waals surface area contributed by atoms with E-state index in [1.54, 1.807) is 12.1 Å². The summed E-state index contributed by atoms with van der Waals surface area (Å²) in [5.41, 5.74) is 2.12. The number of benzene rings is 2. The molecule has 0 aliphatic heterocycles. The number of fused-ring (bicyclic) bond motifs is 1. The van der Waals surface area contributed by atoms with Gasteiger partial charge >= 0.3 is 11.9 Å². The van der Waals surface area contributed by atoms with E-state index in [1.165, 1.54) is 12.1 Å². The van der Waals surface area contributed by atoms with Crippen LogP contribution in [-0.4, -0.2) is 22.2 Å². The number of hydrogen-bond donors (Lipinski definition) is 2. The molecule has 0 unspecified atom stereocenters. The molecule has 2 aromatic rings. The lowest BCUT2D eigenvalue weighted by atomic mass is 9.95. The molecule has 0 aliphatic rings. The van der Waals surface area contributed by atoms with Gasteiger partial charge in [0.1, 0.15) is 0 Å². The molecule has 0 spiro atoms. The Morgan fingerprint density at radius 3 is 1.44 bits per heavy atom. The molecule has 0 aromatic heterocycles. The van der Waals surface area contributed by atoms with Gasteiger partial charge in [0.2, 0.25) is 0 Å². The summed E-state index contributed by atoms with van der Waals surface area (Å²) in [4.78, 5) is 22.3. The van der Waals surface area contributed by atoms with Crippen LogP contribution in [0.4, 0.5) is 0 Å². The molecule has 2 rings (SSSR count). The van der Waals surface area contributed by atoms with Crippen LogP contribution in [0.5, 0.6) is 0 Å². The van der Waals surface area contributed by atoms with Gasteiger partial charge in [0.15, 0.2) is 0 Å². The van der Waals surface area contributed by atoms with Crippen LogP contribution in [0, 0.1) is 13.8 Å². The maximum atomic E-state index is 11.1. The second kappa shape index (κ2) is 4.14. The minimum Gasteiger partial charge on any atom is -0.478 e. The predicted octanol–water partition coefficient (Wildman–Crippen LogP) is 2.85. The first-order chi connectivity index (χ1) is 8.41. The normalized spacial score (nSPS) is 10.6. The third-order valence-electron chi connectivity index (χ3n) is 3.09. The smallest absolute Gasteiger partial charge is 0.336 e. The van der Waals surface area contributed by atoms with E-state index in [0.717, 1.165) is 11.1 Å². The highest BCUT2D eigenvalue weighted by Crippen LogP contribution is 2.26. The third-order valence-corrected chi connectivity index (χ3v) is 3.09. The molecule has 92 valence electrons. The molecule has 4 nitrogen and oxygen atoms in total. The lowest BCUT2D eigenvalue weighted by Gasteiger charge is -2.09. The fourth-order valence-electron chi connectivity index (χ4n) is 1.98. The van der Waals surface area contributed by atoms with Crippen LogP contribution >= 0.6 is 0 Å². The van der Waals surface area contributed by atoms with Gasteiger partial charge in [0.05, 0.1) is 11.1 Å². The molecular formula is C14H12O4. The maximum absolute atomic E-state index is 11.1. The van der Waals surface area contributed by atoms with Crippen LogP contribution < -0.4 is 0 Å².